The Bertz CT molecular complexity index is 457. The van der Waals surface area contributed by atoms with E-state index in [-0.39, 0.29) is 11.7 Å². The van der Waals surface area contributed by atoms with Crippen LogP contribution in [0.4, 0.5) is 0 Å². The monoisotopic (exact) mass is 288 g/mol. The van der Waals surface area contributed by atoms with Gasteiger partial charge in [-0.3, -0.25) is 9.36 Å². The molecule has 1 aromatic heterocycles. The molecule has 19 heavy (non-hydrogen) atoms. The molecule has 1 heterocycles. The van der Waals surface area contributed by atoms with Crippen LogP contribution in [0, 0.1) is 0 Å². The summed E-state index contributed by atoms with van der Waals surface area (Å²) < 4.78 is 6.53. The highest BCUT2D eigenvalue weighted by Gasteiger charge is 2.19. The Hall–Kier alpha value is -1.28. The van der Waals surface area contributed by atoms with E-state index in [0.717, 1.165) is 6.42 Å². The molecule has 1 aromatic rings. The third-order valence-corrected chi connectivity index (χ3v) is 3.54. The van der Waals surface area contributed by atoms with E-state index in [4.69, 9.17) is 4.74 Å². The lowest BCUT2D eigenvalue weighted by Crippen LogP contribution is -2.37. The van der Waals surface area contributed by atoms with E-state index in [1.807, 2.05) is 6.92 Å². The molecule has 0 bridgehead atoms. The molecule has 0 aliphatic rings. The smallest absolute Gasteiger partial charge is 0.343 e. The van der Waals surface area contributed by atoms with Crippen molar-refractivity contribution in [3.8, 4) is 0 Å². The van der Waals surface area contributed by atoms with E-state index in [2.05, 4.69) is 15.5 Å². The number of aromatic amines is 1. The van der Waals surface area contributed by atoms with Gasteiger partial charge < -0.3 is 10.1 Å². The highest BCUT2D eigenvalue weighted by atomic mass is 32.2. The zero-order valence-electron chi connectivity index (χ0n) is 11.4. The first-order chi connectivity index (χ1) is 9.13. The molecule has 8 heteroatoms. The van der Waals surface area contributed by atoms with Crippen LogP contribution in [0.15, 0.2) is 9.95 Å². The van der Waals surface area contributed by atoms with Gasteiger partial charge in [-0.05, 0) is 20.4 Å². The average molecular weight is 288 g/mol. The van der Waals surface area contributed by atoms with Gasteiger partial charge in [0.15, 0.2) is 5.16 Å². The average Bonchev–Trinajstić information content (AvgIpc) is 2.73. The van der Waals surface area contributed by atoms with Crippen molar-refractivity contribution >= 4 is 17.7 Å². The topological polar surface area (TPSA) is 89.0 Å². The molecule has 7 nitrogen and oxygen atoms in total. The van der Waals surface area contributed by atoms with Gasteiger partial charge in [0.1, 0.15) is 6.04 Å². The van der Waals surface area contributed by atoms with Crippen LogP contribution in [0.1, 0.15) is 20.3 Å². The van der Waals surface area contributed by atoms with Crippen LogP contribution in [0.3, 0.4) is 0 Å². The maximum atomic E-state index is 11.6. The highest BCUT2D eigenvalue weighted by Crippen LogP contribution is 2.15. The van der Waals surface area contributed by atoms with Crippen molar-refractivity contribution in [3.63, 3.8) is 0 Å². The van der Waals surface area contributed by atoms with Gasteiger partial charge in [-0.15, -0.1) is 5.10 Å². The fourth-order valence-electron chi connectivity index (χ4n) is 1.50. The zero-order chi connectivity index (χ0) is 14.3. The number of carbonyl (C=O) groups is 1. The lowest BCUT2D eigenvalue weighted by molar-refractivity contribution is -0.144. The molecule has 0 radical (unpaired) electrons. The van der Waals surface area contributed by atoms with E-state index >= 15 is 0 Å². The normalized spacial score (nSPS) is 12.4. The quantitative estimate of drug-likeness (QED) is 0.525. The first kappa shape index (κ1) is 15.8. The summed E-state index contributed by atoms with van der Waals surface area (Å²) in [6.45, 7) is 4.72. The van der Waals surface area contributed by atoms with E-state index in [1.54, 1.807) is 18.5 Å². The molecule has 1 unspecified atom stereocenters. The van der Waals surface area contributed by atoms with Crippen LogP contribution in [0.25, 0.3) is 0 Å². The molecule has 0 aliphatic heterocycles. The van der Waals surface area contributed by atoms with Crippen LogP contribution < -0.4 is 11.0 Å². The molecular weight excluding hydrogens is 268 g/mol. The molecule has 0 saturated heterocycles. The molecule has 0 aromatic carbocycles. The van der Waals surface area contributed by atoms with Gasteiger partial charge in [0.05, 0.1) is 6.61 Å². The van der Waals surface area contributed by atoms with Crippen molar-refractivity contribution in [1.29, 1.82) is 0 Å². The number of hydrogen-bond donors (Lipinski definition) is 2. The summed E-state index contributed by atoms with van der Waals surface area (Å²) in [5.74, 6) is 0.168. The van der Waals surface area contributed by atoms with Crippen molar-refractivity contribution in [2.24, 2.45) is 0 Å². The molecule has 2 N–H and O–H groups in total. The lowest BCUT2D eigenvalue weighted by atomic mass is 10.3. The summed E-state index contributed by atoms with van der Waals surface area (Å²) in [5.41, 5.74) is -0.221. The molecule has 1 atom stereocenters. The second-order valence-electron chi connectivity index (χ2n) is 3.87. The number of likely N-dealkylation sites (N-methyl/N-ethyl adjacent to an activating group) is 1. The fraction of sp³-hybridized carbons (Fsp3) is 0.727. The number of rotatable bonds is 8. The maximum Gasteiger partial charge on any atom is 0.343 e. The van der Waals surface area contributed by atoms with Crippen molar-refractivity contribution in [2.45, 2.75) is 38.0 Å². The summed E-state index contributed by atoms with van der Waals surface area (Å²) in [7, 11) is 1.70. The van der Waals surface area contributed by atoms with Gasteiger partial charge >= 0.3 is 11.7 Å². The first-order valence-corrected chi connectivity index (χ1v) is 7.24. The number of ether oxygens (including phenoxy) is 1. The minimum absolute atomic E-state index is 0.221. The number of aromatic nitrogens is 3. The summed E-state index contributed by atoms with van der Waals surface area (Å²) in [4.78, 5) is 23.1. The van der Waals surface area contributed by atoms with E-state index < -0.39 is 6.04 Å². The standard InChI is InChI=1S/C11H20N4O3S/c1-4-6-15-10(17)13-14-11(15)19-7-8(12-3)9(16)18-5-2/h8,12H,4-7H2,1-3H3,(H,13,17). The molecule has 0 amide bonds. The summed E-state index contributed by atoms with van der Waals surface area (Å²) in [6, 6.07) is -0.410. The summed E-state index contributed by atoms with van der Waals surface area (Å²) in [6.07, 6.45) is 0.848. The van der Waals surface area contributed by atoms with Crippen LogP contribution >= 0.6 is 11.8 Å². The van der Waals surface area contributed by atoms with Crippen LogP contribution in [0.2, 0.25) is 0 Å². The predicted octanol–water partition coefficient (Wildman–Crippen LogP) is 0.225. The minimum Gasteiger partial charge on any atom is -0.465 e. The summed E-state index contributed by atoms with van der Waals surface area (Å²) in [5, 5.41) is 9.86. The Morgan fingerprint density at radius 1 is 1.58 bits per heavy atom. The van der Waals surface area contributed by atoms with Gasteiger partial charge in [0.2, 0.25) is 0 Å². The van der Waals surface area contributed by atoms with Gasteiger partial charge in [-0.25, -0.2) is 9.89 Å². The number of thioether (sulfide) groups is 1. The molecule has 0 aliphatic carbocycles. The largest absolute Gasteiger partial charge is 0.465 e. The Labute approximate surface area is 116 Å². The Balaban J connectivity index is 2.64. The number of hydrogen-bond acceptors (Lipinski definition) is 6. The zero-order valence-corrected chi connectivity index (χ0v) is 12.2. The van der Waals surface area contributed by atoms with Crippen molar-refractivity contribution < 1.29 is 9.53 Å². The Morgan fingerprint density at radius 3 is 2.89 bits per heavy atom. The molecule has 1 rings (SSSR count). The van der Waals surface area contributed by atoms with Gasteiger partial charge in [0, 0.05) is 12.3 Å². The Kier molecular flexibility index (Phi) is 6.65. The van der Waals surface area contributed by atoms with Crippen molar-refractivity contribution in [2.75, 3.05) is 19.4 Å². The SMILES string of the molecule is CCCn1c(SCC(NC)C(=O)OCC)n[nH]c1=O. The van der Waals surface area contributed by atoms with Gasteiger partial charge in [-0.1, -0.05) is 18.7 Å². The predicted molar refractivity (Wildman–Crippen MR) is 73.3 cm³/mol. The van der Waals surface area contributed by atoms with Gasteiger partial charge in [-0.2, -0.15) is 0 Å². The molecule has 0 fully saturated rings. The van der Waals surface area contributed by atoms with Crippen LogP contribution in [-0.4, -0.2) is 46.2 Å². The maximum absolute atomic E-state index is 11.6. The number of nitrogens with zero attached hydrogens (tertiary/aromatic N) is 2. The first-order valence-electron chi connectivity index (χ1n) is 6.25. The molecule has 108 valence electrons. The number of carbonyl (C=O) groups excluding carboxylic acids is 1. The third-order valence-electron chi connectivity index (χ3n) is 2.47. The van der Waals surface area contributed by atoms with Crippen LogP contribution in [0.5, 0.6) is 0 Å². The molecular formula is C11H20N4O3S. The Morgan fingerprint density at radius 2 is 2.32 bits per heavy atom. The second-order valence-corrected chi connectivity index (χ2v) is 4.85. The van der Waals surface area contributed by atoms with Crippen molar-refractivity contribution in [3.05, 3.63) is 10.5 Å². The highest BCUT2D eigenvalue weighted by molar-refractivity contribution is 7.99. The van der Waals surface area contributed by atoms with E-state index in [0.29, 0.717) is 24.1 Å². The molecule has 0 saturated carbocycles. The van der Waals surface area contributed by atoms with Gasteiger partial charge in [0.25, 0.3) is 0 Å². The number of H-pyrrole nitrogens is 1. The fourth-order valence-corrected chi connectivity index (χ4v) is 2.56. The minimum atomic E-state index is -0.410. The third kappa shape index (κ3) is 4.39. The number of esters is 1. The lowest BCUT2D eigenvalue weighted by Gasteiger charge is -2.13. The van der Waals surface area contributed by atoms with Crippen molar-refractivity contribution in [1.82, 2.24) is 20.1 Å². The number of nitrogens with one attached hydrogen (secondary N) is 2. The van der Waals surface area contributed by atoms with E-state index in [9.17, 15) is 9.59 Å². The summed E-state index contributed by atoms with van der Waals surface area (Å²) >= 11 is 1.35. The van der Waals surface area contributed by atoms with E-state index in [1.165, 1.54) is 11.8 Å². The van der Waals surface area contributed by atoms with Crippen LogP contribution in [-0.2, 0) is 16.1 Å². The second kappa shape index (κ2) is 8.00. The molecule has 0 spiro atoms.